The zero-order valence-corrected chi connectivity index (χ0v) is 21.6. The Morgan fingerprint density at radius 1 is 1.23 bits per heavy atom. The molecule has 6 nitrogen and oxygen atoms in total. The number of rotatable bonds is 9. The number of nitrogens with one attached hydrogen (secondary N) is 2. The van der Waals surface area contributed by atoms with Crippen LogP contribution in [0.25, 0.3) is 0 Å². The predicted molar refractivity (Wildman–Crippen MR) is 137 cm³/mol. The summed E-state index contributed by atoms with van der Waals surface area (Å²) in [5.74, 6) is 1.56. The number of nitrogens with zero attached hydrogens (tertiary/aromatic N) is 2. The standard InChI is InChI=1S/C22H36N4O2S.HI/c1-4-23-22(25-19-12-9-13-20(16-19)29(28)5-2)24-15-14-21(27)26(3)17-18-10-7-6-8-11-18;/h6-8,10-11,19-20H,4-5,9,12-17H2,1-3H3,(H2,23,24,25);1H. The Balaban J connectivity index is 0.00000450. The molecule has 0 saturated heterocycles. The smallest absolute Gasteiger partial charge is 0.224 e. The summed E-state index contributed by atoms with van der Waals surface area (Å²) in [7, 11) is 1.09. The molecule has 8 heteroatoms. The van der Waals surface area contributed by atoms with Gasteiger partial charge in [-0.1, -0.05) is 43.7 Å². The second-order valence-electron chi connectivity index (χ2n) is 7.55. The number of aliphatic imine (C=N–C) groups is 1. The molecule has 3 unspecified atom stereocenters. The van der Waals surface area contributed by atoms with E-state index >= 15 is 0 Å². The van der Waals surface area contributed by atoms with E-state index in [0.29, 0.717) is 25.6 Å². The molecule has 0 spiro atoms. The summed E-state index contributed by atoms with van der Waals surface area (Å²) < 4.78 is 12.2. The van der Waals surface area contributed by atoms with Crippen molar-refractivity contribution in [2.45, 2.75) is 63.8 Å². The highest BCUT2D eigenvalue weighted by atomic mass is 127. The van der Waals surface area contributed by atoms with Crippen molar-refractivity contribution in [2.75, 3.05) is 25.9 Å². The fourth-order valence-corrected chi connectivity index (χ4v) is 5.01. The van der Waals surface area contributed by atoms with E-state index in [1.807, 2.05) is 51.2 Å². The van der Waals surface area contributed by atoms with Gasteiger partial charge in [-0.2, -0.15) is 0 Å². The molecule has 0 heterocycles. The summed E-state index contributed by atoms with van der Waals surface area (Å²) in [6, 6.07) is 10.3. The topological polar surface area (TPSA) is 73.8 Å². The molecule has 0 aromatic heterocycles. The third kappa shape index (κ3) is 9.32. The fourth-order valence-electron chi connectivity index (χ4n) is 3.66. The first-order chi connectivity index (χ1) is 14.0. The molecule has 3 atom stereocenters. The van der Waals surface area contributed by atoms with Gasteiger partial charge in [0.15, 0.2) is 5.96 Å². The molecule has 0 bridgehead atoms. The Morgan fingerprint density at radius 3 is 2.63 bits per heavy atom. The van der Waals surface area contributed by atoms with Gasteiger partial charge in [0.1, 0.15) is 0 Å². The average Bonchev–Trinajstić information content (AvgIpc) is 2.74. The maximum absolute atomic E-state index is 12.4. The minimum absolute atomic E-state index is 0. The summed E-state index contributed by atoms with van der Waals surface area (Å²) >= 11 is 0. The molecule has 1 aliphatic carbocycles. The maximum Gasteiger partial charge on any atom is 0.224 e. The molecule has 170 valence electrons. The number of hydrogen-bond donors (Lipinski definition) is 2. The van der Waals surface area contributed by atoms with Crippen LogP contribution >= 0.6 is 24.0 Å². The van der Waals surface area contributed by atoms with Gasteiger partial charge >= 0.3 is 0 Å². The second-order valence-corrected chi connectivity index (χ2v) is 9.55. The molecule has 1 fully saturated rings. The van der Waals surface area contributed by atoms with Crippen molar-refractivity contribution in [1.82, 2.24) is 15.5 Å². The van der Waals surface area contributed by atoms with E-state index in [4.69, 9.17) is 0 Å². The van der Waals surface area contributed by atoms with Crippen LogP contribution in [0, 0.1) is 0 Å². The normalized spacial score (nSPS) is 20.0. The highest BCUT2D eigenvalue weighted by Crippen LogP contribution is 2.23. The van der Waals surface area contributed by atoms with Crippen LogP contribution < -0.4 is 10.6 Å². The number of carbonyl (C=O) groups excluding carboxylic acids is 1. The molecule has 2 rings (SSSR count). The van der Waals surface area contributed by atoms with E-state index in [1.54, 1.807) is 4.90 Å². The first kappa shape index (κ1) is 26.9. The molecular formula is C22H37IN4O2S. The summed E-state index contributed by atoms with van der Waals surface area (Å²) in [4.78, 5) is 18.8. The zero-order chi connectivity index (χ0) is 21.1. The number of carbonyl (C=O) groups is 1. The van der Waals surface area contributed by atoms with Crippen LogP contribution in [0.4, 0.5) is 0 Å². The van der Waals surface area contributed by atoms with Gasteiger partial charge in [-0.15, -0.1) is 24.0 Å². The third-order valence-electron chi connectivity index (χ3n) is 5.25. The van der Waals surface area contributed by atoms with Gasteiger partial charge < -0.3 is 15.5 Å². The monoisotopic (exact) mass is 548 g/mol. The van der Waals surface area contributed by atoms with Crippen molar-refractivity contribution < 1.29 is 9.00 Å². The molecule has 1 aromatic rings. The summed E-state index contributed by atoms with van der Waals surface area (Å²) in [6.45, 7) is 5.85. The lowest BCUT2D eigenvalue weighted by atomic mass is 9.95. The second kappa shape index (κ2) is 14.8. The number of benzene rings is 1. The van der Waals surface area contributed by atoms with Gasteiger partial charge in [0.2, 0.25) is 5.91 Å². The van der Waals surface area contributed by atoms with Crippen LogP contribution in [-0.2, 0) is 22.1 Å². The lowest BCUT2D eigenvalue weighted by molar-refractivity contribution is -0.130. The molecule has 30 heavy (non-hydrogen) atoms. The number of amides is 1. The number of hydrogen-bond acceptors (Lipinski definition) is 3. The molecule has 2 N–H and O–H groups in total. The highest BCUT2D eigenvalue weighted by Gasteiger charge is 2.26. The van der Waals surface area contributed by atoms with Crippen molar-refractivity contribution in [3.8, 4) is 0 Å². The summed E-state index contributed by atoms with van der Waals surface area (Å²) in [5, 5.41) is 7.04. The molecule has 1 saturated carbocycles. The van der Waals surface area contributed by atoms with Crippen molar-refractivity contribution in [2.24, 2.45) is 4.99 Å². The van der Waals surface area contributed by atoms with E-state index in [0.717, 1.165) is 49.5 Å². The maximum atomic E-state index is 12.4. The van der Waals surface area contributed by atoms with E-state index < -0.39 is 10.8 Å². The molecule has 1 aromatic carbocycles. The predicted octanol–water partition coefficient (Wildman–Crippen LogP) is 3.29. The molecule has 0 aliphatic heterocycles. The third-order valence-corrected chi connectivity index (χ3v) is 6.99. The molecule has 1 amide bonds. The number of halogens is 1. The molecule has 1 aliphatic rings. The van der Waals surface area contributed by atoms with Gasteiger partial charge in [-0.3, -0.25) is 14.0 Å². The Kier molecular flexibility index (Phi) is 13.2. The number of guanidine groups is 1. The SMILES string of the molecule is CCNC(=NCCC(=O)N(C)Cc1ccccc1)NC1CCCC(S(=O)CC)C1.I. The summed E-state index contributed by atoms with van der Waals surface area (Å²) in [5.41, 5.74) is 1.12. The zero-order valence-electron chi connectivity index (χ0n) is 18.4. The van der Waals surface area contributed by atoms with Crippen LogP contribution in [0.1, 0.15) is 51.5 Å². The van der Waals surface area contributed by atoms with Crippen molar-refractivity contribution in [3.05, 3.63) is 35.9 Å². The van der Waals surface area contributed by atoms with E-state index in [2.05, 4.69) is 15.6 Å². The van der Waals surface area contributed by atoms with Crippen LogP contribution in [-0.4, -0.2) is 58.2 Å². The fraction of sp³-hybridized carbons (Fsp3) is 0.636. The summed E-state index contributed by atoms with van der Waals surface area (Å²) in [6.07, 6.45) is 4.52. The minimum Gasteiger partial charge on any atom is -0.357 e. The van der Waals surface area contributed by atoms with Crippen LogP contribution in [0.2, 0.25) is 0 Å². The Hall–Kier alpha value is -1.16. The van der Waals surface area contributed by atoms with Crippen molar-refractivity contribution >= 4 is 46.6 Å². The Morgan fingerprint density at radius 2 is 1.97 bits per heavy atom. The first-order valence-electron chi connectivity index (χ1n) is 10.7. The quantitative estimate of drug-likeness (QED) is 0.282. The van der Waals surface area contributed by atoms with Crippen LogP contribution in [0.5, 0.6) is 0 Å². The Labute approximate surface area is 201 Å². The lowest BCUT2D eigenvalue weighted by Gasteiger charge is -2.30. The minimum atomic E-state index is -0.737. The van der Waals surface area contributed by atoms with Crippen molar-refractivity contribution in [3.63, 3.8) is 0 Å². The van der Waals surface area contributed by atoms with E-state index in [9.17, 15) is 9.00 Å². The van der Waals surface area contributed by atoms with Gasteiger partial charge in [0.25, 0.3) is 0 Å². The van der Waals surface area contributed by atoms with Gasteiger partial charge in [-0.25, -0.2) is 0 Å². The van der Waals surface area contributed by atoms with Gasteiger partial charge in [0, 0.05) is 54.4 Å². The average molecular weight is 549 g/mol. The van der Waals surface area contributed by atoms with E-state index in [-0.39, 0.29) is 35.1 Å². The van der Waals surface area contributed by atoms with Crippen LogP contribution in [0.15, 0.2) is 35.3 Å². The van der Waals surface area contributed by atoms with Gasteiger partial charge in [-0.05, 0) is 31.7 Å². The Bertz CT molecular complexity index is 687. The van der Waals surface area contributed by atoms with Crippen LogP contribution in [0.3, 0.4) is 0 Å². The lowest BCUT2D eigenvalue weighted by Crippen LogP contribution is -2.46. The molecular weight excluding hydrogens is 511 g/mol. The van der Waals surface area contributed by atoms with E-state index in [1.165, 1.54) is 0 Å². The molecule has 0 radical (unpaired) electrons. The van der Waals surface area contributed by atoms with Crippen molar-refractivity contribution in [1.29, 1.82) is 0 Å². The van der Waals surface area contributed by atoms with Gasteiger partial charge in [0.05, 0.1) is 6.54 Å². The largest absolute Gasteiger partial charge is 0.357 e. The first-order valence-corrected chi connectivity index (χ1v) is 12.1. The highest BCUT2D eigenvalue weighted by molar-refractivity contribution is 14.0.